The van der Waals surface area contributed by atoms with E-state index in [2.05, 4.69) is 26.9 Å². The number of amides is 1. The molecule has 1 aromatic rings. The Kier molecular flexibility index (Phi) is 10.8. The molecule has 0 aromatic carbocycles. The molecule has 1 aromatic heterocycles. The highest BCUT2D eigenvalue weighted by Gasteiger charge is 2.25. The zero-order chi connectivity index (χ0) is 21.4. The minimum absolute atomic E-state index is 0. The summed E-state index contributed by atoms with van der Waals surface area (Å²) < 4.78 is 6.86. The van der Waals surface area contributed by atoms with Crippen LogP contribution in [0.15, 0.2) is 29.5 Å². The molecule has 0 radical (unpaired) electrons. The van der Waals surface area contributed by atoms with Gasteiger partial charge in [0.2, 0.25) is 5.91 Å². The first-order valence-corrected chi connectivity index (χ1v) is 9.90. The fourth-order valence-electron chi connectivity index (χ4n) is 3.00. The lowest BCUT2D eigenvalue weighted by molar-refractivity contribution is -0.127. The van der Waals surface area contributed by atoms with Gasteiger partial charge < -0.3 is 19.9 Å². The van der Waals surface area contributed by atoms with Crippen LogP contribution in [0.2, 0.25) is 0 Å². The summed E-state index contributed by atoms with van der Waals surface area (Å²) >= 11 is 0. The van der Waals surface area contributed by atoms with Crippen LogP contribution in [0, 0.1) is 0 Å². The minimum Gasteiger partial charge on any atom is -0.462 e. The van der Waals surface area contributed by atoms with Gasteiger partial charge in [0.1, 0.15) is 6.54 Å². The van der Waals surface area contributed by atoms with Crippen molar-refractivity contribution < 1.29 is 14.3 Å². The molecule has 1 atom stereocenters. The summed E-state index contributed by atoms with van der Waals surface area (Å²) in [6.45, 7) is 10.2. The summed E-state index contributed by atoms with van der Waals surface area (Å²) in [5, 5.41) is 7.66. The van der Waals surface area contributed by atoms with Gasteiger partial charge in [0.25, 0.3) is 0 Å². The summed E-state index contributed by atoms with van der Waals surface area (Å²) in [5.74, 6) is 0.268. The number of carbonyl (C=O) groups is 2. The minimum atomic E-state index is -0.362. The average molecular weight is 532 g/mol. The largest absolute Gasteiger partial charge is 0.462 e. The monoisotopic (exact) mass is 532 g/mol. The van der Waals surface area contributed by atoms with E-state index in [1.807, 2.05) is 11.6 Å². The van der Waals surface area contributed by atoms with Crippen molar-refractivity contribution in [3.63, 3.8) is 0 Å². The lowest BCUT2D eigenvalue weighted by atomic mass is 10.1. The van der Waals surface area contributed by atoms with Crippen molar-refractivity contribution in [3.8, 4) is 0 Å². The van der Waals surface area contributed by atoms with Crippen LogP contribution in [0.5, 0.6) is 0 Å². The Labute approximate surface area is 195 Å². The number of nitrogens with zero attached hydrogens (tertiary/aromatic N) is 5. The van der Waals surface area contributed by atoms with E-state index in [9.17, 15) is 9.59 Å². The molecule has 1 amide bonds. The van der Waals surface area contributed by atoms with Gasteiger partial charge in [0.15, 0.2) is 5.96 Å². The first kappa shape index (κ1) is 25.9. The lowest BCUT2D eigenvalue weighted by Crippen LogP contribution is -2.48. The number of aliphatic imine (C=N–C) groups is 1. The molecular weight excluding hydrogens is 499 g/mol. The third kappa shape index (κ3) is 7.62. The molecule has 0 spiro atoms. The molecule has 1 N–H and O–H groups in total. The standard InChI is InChI=1S/C20H32N6O3.HI/c1-6-29-19(28)16-11-23-26(13-16)17-8-7-9-25(14-17)20(21-10-15(2)3)22-12-18(27)24(4)5;/h11,13,17H,2,6-10,12,14H2,1,3-5H3,(H,21,22);1H. The summed E-state index contributed by atoms with van der Waals surface area (Å²) in [7, 11) is 3.43. The number of rotatable bonds is 7. The van der Waals surface area contributed by atoms with Gasteiger partial charge in [-0.25, -0.2) is 9.79 Å². The van der Waals surface area contributed by atoms with Crippen LogP contribution in [0.1, 0.15) is 43.1 Å². The van der Waals surface area contributed by atoms with Gasteiger partial charge in [-0.1, -0.05) is 12.2 Å². The molecule has 0 aliphatic carbocycles. The average Bonchev–Trinajstić information content (AvgIpc) is 3.18. The van der Waals surface area contributed by atoms with E-state index in [1.54, 1.807) is 33.4 Å². The smallest absolute Gasteiger partial charge is 0.341 e. The number of likely N-dealkylation sites (N-methyl/N-ethyl adjacent to an activating group) is 1. The van der Waals surface area contributed by atoms with Crippen molar-refractivity contribution >= 4 is 41.8 Å². The van der Waals surface area contributed by atoms with E-state index in [1.165, 1.54) is 4.90 Å². The molecule has 2 rings (SSSR count). The molecule has 1 aliphatic rings. The van der Waals surface area contributed by atoms with Gasteiger partial charge in [0, 0.05) is 39.9 Å². The summed E-state index contributed by atoms with van der Waals surface area (Å²) in [6, 6.07) is 0.105. The highest BCUT2D eigenvalue weighted by molar-refractivity contribution is 14.0. The number of likely N-dealkylation sites (tertiary alicyclic amines) is 1. The number of halogens is 1. The van der Waals surface area contributed by atoms with Gasteiger partial charge >= 0.3 is 5.97 Å². The molecular formula is C20H33IN6O3. The van der Waals surface area contributed by atoms with E-state index in [4.69, 9.17) is 4.74 Å². The molecule has 0 bridgehead atoms. The van der Waals surface area contributed by atoms with Crippen molar-refractivity contribution in [2.24, 2.45) is 4.99 Å². The maximum Gasteiger partial charge on any atom is 0.341 e. The lowest BCUT2D eigenvalue weighted by Gasteiger charge is -2.35. The quantitative estimate of drug-likeness (QED) is 0.190. The van der Waals surface area contributed by atoms with Crippen LogP contribution in [-0.4, -0.2) is 84.3 Å². The van der Waals surface area contributed by atoms with Gasteiger partial charge in [-0.2, -0.15) is 5.10 Å². The van der Waals surface area contributed by atoms with Gasteiger partial charge in [-0.15, -0.1) is 24.0 Å². The van der Waals surface area contributed by atoms with Crippen LogP contribution >= 0.6 is 24.0 Å². The number of guanidine groups is 1. The number of esters is 1. The van der Waals surface area contributed by atoms with E-state index < -0.39 is 0 Å². The zero-order valence-corrected chi connectivity index (χ0v) is 20.6. The summed E-state index contributed by atoms with van der Waals surface area (Å²) in [5.41, 5.74) is 1.44. The zero-order valence-electron chi connectivity index (χ0n) is 18.3. The third-order valence-electron chi connectivity index (χ3n) is 4.59. The molecule has 168 valence electrons. The van der Waals surface area contributed by atoms with Crippen molar-refractivity contribution in [1.82, 2.24) is 24.9 Å². The van der Waals surface area contributed by atoms with Crippen LogP contribution in [-0.2, 0) is 9.53 Å². The van der Waals surface area contributed by atoms with Gasteiger partial charge in [0.05, 0.1) is 24.4 Å². The number of nitrogens with one attached hydrogen (secondary N) is 1. The molecule has 0 saturated carbocycles. The van der Waals surface area contributed by atoms with Gasteiger partial charge in [-0.05, 0) is 26.7 Å². The number of carbonyl (C=O) groups excluding carboxylic acids is 2. The predicted octanol–water partition coefficient (Wildman–Crippen LogP) is 1.92. The Morgan fingerprint density at radius 2 is 2.17 bits per heavy atom. The number of hydrogen-bond donors (Lipinski definition) is 1. The van der Waals surface area contributed by atoms with Crippen molar-refractivity contribution in [1.29, 1.82) is 0 Å². The first-order valence-electron chi connectivity index (χ1n) is 9.90. The predicted molar refractivity (Wildman–Crippen MR) is 127 cm³/mol. The van der Waals surface area contributed by atoms with Crippen molar-refractivity contribution in [2.75, 3.05) is 46.9 Å². The highest BCUT2D eigenvalue weighted by Crippen LogP contribution is 2.21. The normalized spacial score (nSPS) is 16.5. The topological polar surface area (TPSA) is 92.1 Å². The van der Waals surface area contributed by atoms with Crippen molar-refractivity contribution in [3.05, 3.63) is 30.1 Å². The Balaban J connectivity index is 0.00000450. The molecule has 2 heterocycles. The first-order chi connectivity index (χ1) is 13.8. The summed E-state index contributed by atoms with van der Waals surface area (Å²) in [4.78, 5) is 32.1. The molecule has 1 saturated heterocycles. The van der Waals surface area contributed by atoms with Gasteiger partial charge in [-0.3, -0.25) is 9.48 Å². The number of hydrogen-bond acceptors (Lipinski definition) is 5. The molecule has 1 aliphatic heterocycles. The second-order valence-corrected chi connectivity index (χ2v) is 7.41. The molecule has 9 nitrogen and oxygen atoms in total. The third-order valence-corrected chi connectivity index (χ3v) is 4.59. The Bertz CT molecular complexity index is 761. The maximum atomic E-state index is 12.0. The van der Waals surface area contributed by atoms with Crippen LogP contribution < -0.4 is 5.32 Å². The van der Waals surface area contributed by atoms with E-state index in [0.717, 1.165) is 25.0 Å². The molecule has 30 heavy (non-hydrogen) atoms. The number of piperidine rings is 1. The van der Waals surface area contributed by atoms with Crippen LogP contribution in [0.3, 0.4) is 0 Å². The highest BCUT2D eigenvalue weighted by atomic mass is 127. The number of aromatic nitrogens is 2. The Hall–Kier alpha value is -2.11. The van der Waals surface area contributed by atoms with Crippen LogP contribution in [0.4, 0.5) is 0 Å². The van der Waals surface area contributed by atoms with E-state index in [-0.39, 0.29) is 48.4 Å². The number of ether oxygens (including phenoxy) is 1. The Morgan fingerprint density at radius 3 is 2.80 bits per heavy atom. The fraction of sp³-hybridized carbons (Fsp3) is 0.600. The maximum absolute atomic E-state index is 12.0. The van der Waals surface area contributed by atoms with Crippen molar-refractivity contribution in [2.45, 2.75) is 32.7 Å². The fourth-order valence-corrected chi connectivity index (χ4v) is 3.00. The summed E-state index contributed by atoms with van der Waals surface area (Å²) in [6.07, 6.45) is 5.18. The molecule has 10 heteroatoms. The molecule has 1 unspecified atom stereocenters. The second-order valence-electron chi connectivity index (χ2n) is 7.41. The second kappa shape index (κ2) is 12.6. The molecule has 1 fully saturated rings. The van der Waals surface area contributed by atoms with E-state index >= 15 is 0 Å². The van der Waals surface area contributed by atoms with E-state index in [0.29, 0.717) is 31.2 Å². The van der Waals surface area contributed by atoms with Crippen LogP contribution in [0.25, 0.3) is 0 Å². The Morgan fingerprint density at radius 1 is 1.43 bits per heavy atom. The SMILES string of the molecule is C=C(C)CNC(=NCC(=O)N(C)C)N1CCCC(n2cc(C(=O)OCC)cn2)C1.I.